The molecule has 0 N–H and O–H groups in total. The monoisotopic (exact) mass is 389 g/mol. The van der Waals surface area contributed by atoms with Crippen LogP contribution in [0.5, 0.6) is 0 Å². The van der Waals surface area contributed by atoms with Gasteiger partial charge in [0.1, 0.15) is 29.8 Å². The van der Waals surface area contributed by atoms with Crippen LogP contribution in [0.4, 0.5) is 0 Å². The Balaban J connectivity index is 2.15. The van der Waals surface area contributed by atoms with E-state index in [-0.39, 0.29) is 5.97 Å². The summed E-state index contributed by atoms with van der Waals surface area (Å²) in [6, 6.07) is 32.4. The van der Waals surface area contributed by atoms with Crippen LogP contribution >= 0.6 is 7.26 Å². The van der Waals surface area contributed by atoms with Crippen molar-refractivity contribution in [2.45, 2.75) is 13.8 Å². The summed E-state index contributed by atoms with van der Waals surface area (Å²) < 4.78 is 5.14. The summed E-state index contributed by atoms with van der Waals surface area (Å²) in [7, 11) is -1.88. The second kappa shape index (κ2) is 9.48. The Morgan fingerprint density at radius 3 is 1.50 bits per heavy atom. The van der Waals surface area contributed by atoms with Gasteiger partial charge in [0, 0.05) is 6.92 Å². The molecule has 0 bridgehead atoms. The first-order chi connectivity index (χ1) is 13.6. The van der Waals surface area contributed by atoms with Crippen LogP contribution in [0.2, 0.25) is 0 Å². The number of ether oxygens (including phenoxy) is 1. The zero-order chi connectivity index (χ0) is 19.8. The van der Waals surface area contributed by atoms with E-state index in [0.717, 1.165) is 6.16 Å². The molecule has 2 nitrogen and oxygen atoms in total. The number of carbonyl (C=O) groups is 1. The molecule has 0 amide bonds. The first-order valence-electron chi connectivity index (χ1n) is 9.47. The molecule has 3 aromatic rings. The van der Waals surface area contributed by atoms with Gasteiger partial charge in [0.25, 0.3) is 0 Å². The smallest absolute Gasteiger partial charge is 0.302 e. The highest BCUT2D eigenvalue weighted by Crippen LogP contribution is 2.56. The first-order valence-corrected chi connectivity index (χ1v) is 11.4. The Morgan fingerprint density at radius 1 is 0.750 bits per heavy atom. The number of allylic oxidation sites excluding steroid dienone is 1. The molecule has 0 unspecified atom stereocenters. The highest BCUT2D eigenvalue weighted by atomic mass is 31.2. The Kier molecular flexibility index (Phi) is 6.79. The second-order valence-corrected chi connectivity index (χ2v) is 10.3. The third-order valence-corrected chi connectivity index (χ3v) is 9.31. The number of hydrogen-bond acceptors (Lipinski definition) is 2. The average Bonchev–Trinajstić information content (AvgIpc) is 2.74. The van der Waals surface area contributed by atoms with Crippen LogP contribution in [0.1, 0.15) is 13.8 Å². The predicted octanol–water partition coefficient (Wildman–Crippen LogP) is 4.49. The summed E-state index contributed by atoms with van der Waals surface area (Å²) in [4.78, 5) is 11.1. The summed E-state index contributed by atoms with van der Waals surface area (Å²) in [6.07, 6.45) is 2.94. The van der Waals surface area contributed by atoms with Gasteiger partial charge in [-0.15, -0.1) is 0 Å². The fourth-order valence-electron chi connectivity index (χ4n) is 3.51. The first kappa shape index (κ1) is 20.0. The van der Waals surface area contributed by atoms with Gasteiger partial charge >= 0.3 is 5.97 Å². The second-order valence-electron chi connectivity index (χ2n) is 6.83. The maximum atomic E-state index is 11.1. The van der Waals surface area contributed by atoms with E-state index in [4.69, 9.17) is 4.74 Å². The largest absolute Gasteiger partial charge is 0.462 e. The fraction of sp³-hybridized carbons (Fsp3) is 0.160. The standard InChI is InChI=1S/C25H26O2P/c1-21(18-19-27-22(2)26)20-28(23-12-6-3-7-13-23,24-14-8-4-9-15-24)25-16-10-5-11-17-25/h3-18H,19-20H2,1-2H3/q+1. The lowest BCUT2D eigenvalue weighted by atomic mass is 10.3. The number of hydrogen-bond donors (Lipinski definition) is 0. The van der Waals surface area contributed by atoms with Crippen molar-refractivity contribution in [1.29, 1.82) is 0 Å². The van der Waals surface area contributed by atoms with Gasteiger partial charge in [-0.05, 0) is 55.0 Å². The molecule has 3 rings (SSSR count). The molecule has 3 aromatic carbocycles. The van der Waals surface area contributed by atoms with Gasteiger partial charge in [-0.1, -0.05) is 54.6 Å². The molecule has 0 fully saturated rings. The number of carbonyl (C=O) groups excluding carboxylic acids is 1. The minimum atomic E-state index is -1.88. The fourth-order valence-corrected chi connectivity index (χ4v) is 7.87. The molecule has 0 aliphatic rings. The summed E-state index contributed by atoms with van der Waals surface area (Å²) >= 11 is 0. The molecule has 0 saturated heterocycles. The SMILES string of the molecule is CC(=O)OCC=C(C)C[P+](c1ccccc1)(c1ccccc1)c1ccccc1. The summed E-state index contributed by atoms with van der Waals surface area (Å²) in [5.41, 5.74) is 1.23. The van der Waals surface area contributed by atoms with Crippen LogP contribution in [0, 0.1) is 0 Å². The lowest BCUT2D eigenvalue weighted by Gasteiger charge is -2.28. The zero-order valence-electron chi connectivity index (χ0n) is 16.4. The molecule has 142 valence electrons. The number of rotatable bonds is 7. The Bertz CT molecular complexity index is 822. The van der Waals surface area contributed by atoms with Crippen LogP contribution < -0.4 is 15.9 Å². The van der Waals surface area contributed by atoms with Gasteiger partial charge in [-0.2, -0.15) is 0 Å². The van der Waals surface area contributed by atoms with Crippen LogP contribution in [-0.2, 0) is 9.53 Å². The van der Waals surface area contributed by atoms with Gasteiger partial charge in [0.15, 0.2) is 0 Å². The Labute approximate surface area is 168 Å². The molecular weight excluding hydrogens is 363 g/mol. The van der Waals surface area contributed by atoms with Crippen LogP contribution in [0.25, 0.3) is 0 Å². The van der Waals surface area contributed by atoms with Gasteiger partial charge in [0.2, 0.25) is 0 Å². The van der Waals surface area contributed by atoms with Crippen molar-refractivity contribution in [2.75, 3.05) is 12.8 Å². The van der Waals surface area contributed by atoms with Crippen molar-refractivity contribution >= 4 is 29.1 Å². The van der Waals surface area contributed by atoms with Crippen molar-refractivity contribution in [1.82, 2.24) is 0 Å². The maximum absolute atomic E-state index is 11.1. The molecule has 0 atom stereocenters. The third-order valence-electron chi connectivity index (χ3n) is 4.80. The summed E-state index contributed by atoms with van der Waals surface area (Å²) in [5, 5.41) is 4.06. The van der Waals surface area contributed by atoms with Crippen molar-refractivity contribution in [3.05, 3.63) is 103 Å². The molecule has 0 aromatic heterocycles. The van der Waals surface area contributed by atoms with Crippen molar-refractivity contribution in [3.8, 4) is 0 Å². The van der Waals surface area contributed by atoms with E-state index in [9.17, 15) is 4.79 Å². The van der Waals surface area contributed by atoms with E-state index in [2.05, 4.69) is 97.9 Å². The lowest BCUT2D eigenvalue weighted by molar-refractivity contribution is -0.139. The minimum absolute atomic E-state index is 0.251. The molecule has 0 spiro atoms. The predicted molar refractivity (Wildman–Crippen MR) is 120 cm³/mol. The van der Waals surface area contributed by atoms with Gasteiger partial charge in [-0.3, -0.25) is 4.79 Å². The van der Waals surface area contributed by atoms with Crippen molar-refractivity contribution < 1.29 is 9.53 Å². The maximum Gasteiger partial charge on any atom is 0.302 e. The normalized spacial score (nSPS) is 11.9. The molecule has 28 heavy (non-hydrogen) atoms. The van der Waals surface area contributed by atoms with Gasteiger partial charge < -0.3 is 4.74 Å². The average molecular weight is 389 g/mol. The molecular formula is C25H26O2P+. The highest BCUT2D eigenvalue weighted by Gasteiger charge is 2.45. The summed E-state index contributed by atoms with van der Waals surface area (Å²) in [5.74, 6) is -0.251. The third kappa shape index (κ3) is 4.58. The van der Waals surface area contributed by atoms with Gasteiger partial charge in [-0.25, -0.2) is 0 Å². The number of esters is 1. The Morgan fingerprint density at radius 2 is 1.14 bits per heavy atom. The molecule has 0 heterocycles. The molecule has 3 heteroatoms. The molecule has 0 aliphatic carbocycles. The topological polar surface area (TPSA) is 26.3 Å². The lowest BCUT2D eigenvalue weighted by Crippen LogP contribution is -2.33. The minimum Gasteiger partial charge on any atom is -0.462 e. The summed E-state index contributed by atoms with van der Waals surface area (Å²) in [6.45, 7) is 3.89. The molecule has 0 saturated carbocycles. The number of benzene rings is 3. The molecule has 0 aliphatic heterocycles. The van der Waals surface area contributed by atoms with E-state index < -0.39 is 7.26 Å². The highest BCUT2D eigenvalue weighted by molar-refractivity contribution is 7.95. The van der Waals surface area contributed by atoms with E-state index in [0.29, 0.717) is 6.61 Å². The van der Waals surface area contributed by atoms with Crippen molar-refractivity contribution in [3.63, 3.8) is 0 Å². The Hall–Kier alpha value is -2.70. The molecule has 0 radical (unpaired) electrons. The van der Waals surface area contributed by atoms with E-state index >= 15 is 0 Å². The van der Waals surface area contributed by atoms with E-state index in [1.54, 1.807) is 0 Å². The van der Waals surface area contributed by atoms with Crippen LogP contribution in [-0.4, -0.2) is 18.7 Å². The van der Waals surface area contributed by atoms with Crippen LogP contribution in [0.3, 0.4) is 0 Å². The van der Waals surface area contributed by atoms with E-state index in [1.165, 1.54) is 28.4 Å². The van der Waals surface area contributed by atoms with Gasteiger partial charge in [0.05, 0.1) is 6.16 Å². The quantitative estimate of drug-likeness (QED) is 0.338. The van der Waals surface area contributed by atoms with Crippen molar-refractivity contribution in [2.24, 2.45) is 0 Å². The van der Waals surface area contributed by atoms with E-state index in [1.807, 2.05) is 6.08 Å². The zero-order valence-corrected chi connectivity index (χ0v) is 17.3. The van der Waals surface area contributed by atoms with Crippen LogP contribution in [0.15, 0.2) is 103 Å².